The molecule has 8 heteroatoms. The van der Waals surface area contributed by atoms with Crippen LogP contribution in [0, 0.1) is 11.8 Å². The topological polar surface area (TPSA) is 87.2 Å². The van der Waals surface area contributed by atoms with E-state index in [1.54, 1.807) is 9.80 Å². The van der Waals surface area contributed by atoms with Crippen LogP contribution < -0.4 is 0 Å². The van der Waals surface area contributed by atoms with Crippen LogP contribution in [-0.2, 0) is 25.5 Å². The lowest BCUT2D eigenvalue weighted by molar-refractivity contribution is -0.155. The second-order valence-corrected chi connectivity index (χ2v) is 13.4. The molecule has 6 atom stereocenters. The lowest BCUT2D eigenvalue weighted by atomic mass is 9.74. The van der Waals surface area contributed by atoms with Crippen molar-refractivity contribution in [2.45, 2.75) is 67.7 Å². The molecule has 2 saturated heterocycles. The molecule has 0 aliphatic carbocycles. The number of ether oxygens (including phenoxy) is 1. The third kappa shape index (κ3) is 4.13. The van der Waals surface area contributed by atoms with E-state index in [2.05, 4.69) is 0 Å². The van der Waals surface area contributed by atoms with Gasteiger partial charge in [-0.3, -0.25) is 14.4 Å². The second-order valence-electron chi connectivity index (χ2n) is 11.6. The molecule has 198 valence electrons. The second kappa shape index (κ2) is 9.31. The SMILES string of the molecule is CC(C)(C)N1CC=C[C@]23S[C@@]4(C)C=CCCOC(=O)[C@H]4[C@H]2C(=O)N([C@@H](CO)Cc2ccccc2)C3C1=O. The Morgan fingerprint density at radius 3 is 2.49 bits per heavy atom. The zero-order valence-corrected chi connectivity index (χ0v) is 22.7. The molecule has 1 aromatic rings. The maximum absolute atomic E-state index is 14.5. The van der Waals surface area contributed by atoms with Gasteiger partial charge in [-0.2, -0.15) is 0 Å². The molecule has 4 heterocycles. The Hall–Kier alpha value is -2.58. The van der Waals surface area contributed by atoms with Crippen molar-refractivity contribution in [2.75, 3.05) is 19.8 Å². The van der Waals surface area contributed by atoms with Crippen molar-refractivity contribution in [2.24, 2.45) is 11.8 Å². The Kier molecular flexibility index (Phi) is 6.55. The van der Waals surface area contributed by atoms with Gasteiger partial charge in [-0.25, -0.2) is 0 Å². The average molecular weight is 525 g/mol. The van der Waals surface area contributed by atoms with E-state index in [1.807, 2.05) is 82.3 Å². The summed E-state index contributed by atoms with van der Waals surface area (Å²) in [5.74, 6) is -2.31. The van der Waals surface area contributed by atoms with E-state index in [1.165, 1.54) is 11.8 Å². The first-order chi connectivity index (χ1) is 17.5. The number of aliphatic hydroxyl groups excluding tert-OH is 1. The third-order valence-corrected chi connectivity index (χ3v) is 9.98. The van der Waals surface area contributed by atoms with Gasteiger partial charge in [0.15, 0.2) is 0 Å². The van der Waals surface area contributed by atoms with Crippen LogP contribution in [0.4, 0.5) is 0 Å². The molecule has 4 aliphatic rings. The zero-order valence-electron chi connectivity index (χ0n) is 21.9. The number of esters is 1. The number of rotatable bonds is 4. The summed E-state index contributed by atoms with van der Waals surface area (Å²) in [5, 5.41) is 10.6. The Labute approximate surface area is 222 Å². The van der Waals surface area contributed by atoms with Crippen LogP contribution >= 0.6 is 11.8 Å². The molecule has 37 heavy (non-hydrogen) atoms. The highest BCUT2D eigenvalue weighted by Gasteiger charge is 2.74. The van der Waals surface area contributed by atoms with Crippen LogP contribution in [-0.4, -0.2) is 79.6 Å². The van der Waals surface area contributed by atoms with Crippen LogP contribution in [0.1, 0.15) is 39.7 Å². The lowest BCUT2D eigenvalue weighted by Gasteiger charge is -2.42. The average Bonchev–Trinajstić information content (AvgIpc) is 3.16. The normalized spacial score (nSPS) is 34.3. The first-order valence-electron chi connectivity index (χ1n) is 13.0. The van der Waals surface area contributed by atoms with Gasteiger partial charge in [-0.15, -0.1) is 11.8 Å². The zero-order chi connectivity index (χ0) is 26.6. The third-order valence-electron chi connectivity index (χ3n) is 8.19. The largest absolute Gasteiger partial charge is 0.465 e. The molecule has 5 rings (SSSR count). The molecule has 1 aromatic carbocycles. The maximum atomic E-state index is 14.5. The molecule has 2 amide bonds. The van der Waals surface area contributed by atoms with Gasteiger partial charge in [0, 0.05) is 16.8 Å². The molecule has 7 nitrogen and oxygen atoms in total. The molecule has 0 radical (unpaired) electrons. The van der Waals surface area contributed by atoms with Gasteiger partial charge in [0.25, 0.3) is 0 Å². The smallest absolute Gasteiger partial charge is 0.311 e. The molecule has 2 fully saturated rings. The number of benzene rings is 1. The molecule has 4 aliphatic heterocycles. The van der Waals surface area contributed by atoms with E-state index in [4.69, 9.17) is 4.74 Å². The van der Waals surface area contributed by atoms with E-state index in [9.17, 15) is 19.5 Å². The summed E-state index contributed by atoms with van der Waals surface area (Å²) in [5.41, 5.74) is 0.497. The molecule has 1 unspecified atom stereocenters. The Balaban J connectivity index is 1.67. The van der Waals surface area contributed by atoms with Crippen molar-refractivity contribution >= 4 is 29.5 Å². The van der Waals surface area contributed by atoms with Gasteiger partial charge in [0.1, 0.15) is 6.04 Å². The lowest BCUT2D eigenvalue weighted by Crippen LogP contribution is -2.60. The van der Waals surface area contributed by atoms with Crippen molar-refractivity contribution in [1.29, 1.82) is 0 Å². The summed E-state index contributed by atoms with van der Waals surface area (Å²) in [4.78, 5) is 45.7. The van der Waals surface area contributed by atoms with E-state index in [0.29, 0.717) is 19.4 Å². The molecule has 0 bridgehead atoms. The molecule has 1 N–H and O–H groups in total. The predicted molar refractivity (Wildman–Crippen MR) is 143 cm³/mol. The number of nitrogens with zero attached hydrogens (tertiary/aromatic N) is 2. The predicted octanol–water partition coefficient (Wildman–Crippen LogP) is 2.98. The fourth-order valence-corrected chi connectivity index (χ4v) is 8.70. The van der Waals surface area contributed by atoms with Crippen molar-refractivity contribution in [3.63, 3.8) is 0 Å². The standard InChI is InChI=1S/C29H36N2O5S/c1-27(2,3)30-15-10-14-29-21(22-26(35)36-16-9-8-13-28(22,4)37-29)24(33)31(23(29)25(30)34)20(18-32)17-19-11-6-5-7-12-19/h5-8,10-14,20-23,32H,9,15-18H2,1-4H3/t20-,21+,22-,23?,28+,29+/m1/s1. The quantitative estimate of drug-likeness (QED) is 0.482. The maximum Gasteiger partial charge on any atom is 0.311 e. The van der Waals surface area contributed by atoms with Gasteiger partial charge < -0.3 is 19.6 Å². The number of thioether (sulfide) groups is 1. The minimum atomic E-state index is -0.953. The summed E-state index contributed by atoms with van der Waals surface area (Å²) in [6.45, 7) is 8.34. The van der Waals surface area contributed by atoms with Crippen LogP contribution in [0.5, 0.6) is 0 Å². The number of cyclic esters (lactones) is 1. The van der Waals surface area contributed by atoms with Gasteiger partial charge in [-0.05, 0) is 46.1 Å². The summed E-state index contributed by atoms with van der Waals surface area (Å²) in [6, 6.07) is 8.23. The van der Waals surface area contributed by atoms with Crippen molar-refractivity contribution < 1.29 is 24.2 Å². The Morgan fingerprint density at radius 1 is 1.08 bits per heavy atom. The van der Waals surface area contributed by atoms with Gasteiger partial charge in [-0.1, -0.05) is 54.6 Å². The molecule has 0 aromatic heterocycles. The molecular weight excluding hydrogens is 488 g/mol. The first-order valence-corrected chi connectivity index (χ1v) is 13.9. The van der Waals surface area contributed by atoms with E-state index >= 15 is 0 Å². The summed E-state index contributed by atoms with van der Waals surface area (Å²) in [6.07, 6.45) is 9.04. The Bertz CT molecular complexity index is 1140. The Morgan fingerprint density at radius 2 is 1.81 bits per heavy atom. The number of likely N-dealkylation sites (tertiary alicyclic amines) is 1. The number of hydrogen-bond donors (Lipinski definition) is 1. The van der Waals surface area contributed by atoms with Gasteiger partial charge >= 0.3 is 5.97 Å². The highest BCUT2D eigenvalue weighted by atomic mass is 32.2. The van der Waals surface area contributed by atoms with Gasteiger partial charge in [0.2, 0.25) is 11.8 Å². The number of amides is 2. The number of aliphatic hydroxyl groups is 1. The van der Waals surface area contributed by atoms with Crippen LogP contribution in [0.25, 0.3) is 0 Å². The number of carbonyl (C=O) groups is 3. The fourth-order valence-electron chi connectivity index (χ4n) is 6.56. The van der Waals surface area contributed by atoms with Crippen LogP contribution in [0.2, 0.25) is 0 Å². The highest BCUT2D eigenvalue weighted by Crippen LogP contribution is 2.65. The minimum absolute atomic E-state index is 0.150. The number of carbonyl (C=O) groups excluding carboxylic acids is 3. The fraction of sp³-hybridized carbons (Fsp3) is 0.552. The summed E-state index contributed by atoms with van der Waals surface area (Å²) >= 11 is 1.53. The van der Waals surface area contributed by atoms with Crippen molar-refractivity contribution in [1.82, 2.24) is 9.80 Å². The molecule has 0 saturated carbocycles. The van der Waals surface area contributed by atoms with Gasteiger partial charge in [0.05, 0.1) is 35.8 Å². The molecule has 1 spiro atoms. The van der Waals surface area contributed by atoms with Crippen LogP contribution in [0.15, 0.2) is 54.6 Å². The first kappa shape index (κ1) is 26.0. The summed E-state index contributed by atoms with van der Waals surface area (Å²) in [7, 11) is 0. The molecular formula is C29H36N2O5S. The van der Waals surface area contributed by atoms with Crippen molar-refractivity contribution in [3.8, 4) is 0 Å². The minimum Gasteiger partial charge on any atom is -0.465 e. The summed E-state index contributed by atoms with van der Waals surface area (Å²) < 4.78 is 3.95. The van der Waals surface area contributed by atoms with Crippen LogP contribution in [0.3, 0.4) is 0 Å². The van der Waals surface area contributed by atoms with E-state index in [-0.39, 0.29) is 25.0 Å². The number of fused-ring (bicyclic) bond motifs is 2. The van der Waals surface area contributed by atoms with E-state index in [0.717, 1.165) is 5.56 Å². The highest BCUT2D eigenvalue weighted by molar-refractivity contribution is 8.02. The van der Waals surface area contributed by atoms with E-state index < -0.39 is 44.9 Å². The number of hydrogen-bond acceptors (Lipinski definition) is 6. The van der Waals surface area contributed by atoms with Crippen molar-refractivity contribution in [3.05, 3.63) is 60.2 Å². The monoisotopic (exact) mass is 524 g/mol.